The van der Waals surface area contributed by atoms with Gasteiger partial charge in [-0.05, 0) is 41.3 Å². The van der Waals surface area contributed by atoms with Crippen molar-refractivity contribution in [2.24, 2.45) is 0 Å². The first-order chi connectivity index (χ1) is 10.2. The molecule has 0 aliphatic heterocycles. The molecule has 2 aromatic carbocycles. The van der Waals surface area contributed by atoms with Crippen LogP contribution in [0.25, 0.3) is 6.08 Å². The van der Waals surface area contributed by atoms with E-state index in [0.29, 0.717) is 0 Å². The standard InChI is InChI=1S/C17H17FO2S/c1-19-16-8-5-14(17(11-16)20-2)9-10-21-12-13-3-6-15(18)7-4-13/h3-11H,12H2,1-2H3/b10-9-. The highest BCUT2D eigenvalue weighted by Gasteiger charge is 2.01. The van der Waals surface area contributed by atoms with Gasteiger partial charge in [0, 0.05) is 17.4 Å². The predicted octanol–water partition coefficient (Wildman–Crippen LogP) is 4.75. The highest BCUT2D eigenvalue weighted by Crippen LogP contribution is 2.26. The molecule has 0 aromatic heterocycles. The second-order valence-electron chi connectivity index (χ2n) is 4.35. The molecular weight excluding hydrogens is 287 g/mol. The molecule has 0 saturated carbocycles. The molecule has 2 aromatic rings. The quantitative estimate of drug-likeness (QED) is 0.767. The fraction of sp³-hybridized carbons (Fsp3) is 0.176. The Kier molecular flexibility index (Phi) is 5.69. The maximum absolute atomic E-state index is 12.8. The van der Waals surface area contributed by atoms with Gasteiger partial charge < -0.3 is 9.47 Å². The number of hydrogen-bond acceptors (Lipinski definition) is 3. The Hall–Kier alpha value is -1.94. The first kappa shape index (κ1) is 15.4. The Balaban J connectivity index is 1.96. The molecule has 0 fully saturated rings. The summed E-state index contributed by atoms with van der Waals surface area (Å²) < 4.78 is 23.3. The molecule has 0 spiro atoms. The molecule has 4 heteroatoms. The summed E-state index contributed by atoms with van der Waals surface area (Å²) >= 11 is 1.65. The molecule has 2 nitrogen and oxygen atoms in total. The molecule has 0 aliphatic carbocycles. The van der Waals surface area contributed by atoms with Crippen LogP contribution in [0.5, 0.6) is 11.5 Å². The van der Waals surface area contributed by atoms with Crippen LogP contribution in [-0.4, -0.2) is 14.2 Å². The van der Waals surface area contributed by atoms with Crippen LogP contribution in [0.2, 0.25) is 0 Å². The Labute approximate surface area is 128 Å². The first-order valence-corrected chi connectivity index (χ1v) is 7.52. The Morgan fingerprint density at radius 2 is 1.81 bits per heavy atom. The summed E-state index contributed by atoms with van der Waals surface area (Å²) in [6.45, 7) is 0. The first-order valence-electron chi connectivity index (χ1n) is 6.47. The van der Waals surface area contributed by atoms with Gasteiger partial charge in [0.05, 0.1) is 14.2 Å². The van der Waals surface area contributed by atoms with Crippen molar-refractivity contribution < 1.29 is 13.9 Å². The van der Waals surface area contributed by atoms with Crippen molar-refractivity contribution in [1.29, 1.82) is 0 Å². The maximum Gasteiger partial charge on any atom is 0.129 e. The smallest absolute Gasteiger partial charge is 0.129 e. The third-order valence-electron chi connectivity index (χ3n) is 2.95. The second kappa shape index (κ2) is 7.74. The molecule has 0 bridgehead atoms. The molecule has 0 atom stereocenters. The van der Waals surface area contributed by atoms with E-state index in [1.165, 1.54) is 12.1 Å². The SMILES string of the molecule is COc1ccc(/C=C\SCc2ccc(F)cc2)c(OC)c1. The highest BCUT2D eigenvalue weighted by atomic mass is 32.2. The topological polar surface area (TPSA) is 18.5 Å². The van der Waals surface area contributed by atoms with Gasteiger partial charge in [-0.25, -0.2) is 4.39 Å². The summed E-state index contributed by atoms with van der Waals surface area (Å²) in [6, 6.07) is 12.2. The van der Waals surface area contributed by atoms with Gasteiger partial charge in [0.25, 0.3) is 0 Å². The van der Waals surface area contributed by atoms with E-state index < -0.39 is 0 Å². The number of ether oxygens (including phenoxy) is 2. The second-order valence-corrected chi connectivity index (χ2v) is 5.24. The third-order valence-corrected chi connectivity index (χ3v) is 3.78. The number of benzene rings is 2. The van der Waals surface area contributed by atoms with Crippen molar-refractivity contribution in [2.45, 2.75) is 5.75 Å². The van der Waals surface area contributed by atoms with E-state index >= 15 is 0 Å². The van der Waals surface area contributed by atoms with Crippen LogP contribution in [0.1, 0.15) is 11.1 Å². The van der Waals surface area contributed by atoms with E-state index in [1.54, 1.807) is 38.1 Å². The summed E-state index contributed by atoms with van der Waals surface area (Å²) in [5.41, 5.74) is 2.08. The monoisotopic (exact) mass is 304 g/mol. The summed E-state index contributed by atoms with van der Waals surface area (Å²) in [6.07, 6.45) is 1.99. The fourth-order valence-corrected chi connectivity index (χ4v) is 2.53. The Morgan fingerprint density at radius 1 is 1.05 bits per heavy atom. The molecular formula is C17H17FO2S. The lowest BCUT2D eigenvalue weighted by Crippen LogP contribution is -1.89. The minimum Gasteiger partial charge on any atom is -0.497 e. The number of methoxy groups -OCH3 is 2. The number of thioether (sulfide) groups is 1. The largest absolute Gasteiger partial charge is 0.497 e. The summed E-state index contributed by atoms with van der Waals surface area (Å²) in [4.78, 5) is 0. The van der Waals surface area contributed by atoms with Gasteiger partial charge in [0.2, 0.25) is 0 Å². The Morgan fingerprint density at radius 3 is 2.48 bits per heavy atom. The minimum absolute atomic E-state index is 0.206. The van der Waals surface area contributed by atoms with Crippen molar-refractivity contribution in [3.8, 4) is 11.5 Å². The van der Waals surface area contributed by atoms with Crippen LogP contribution in [0, 0.1) is 5.82 Å². The van der Waals surface area contributed by atoms with E-state index in [2.05, 4.69) is 0 Å². The zero-order valence-electron chi connectivity index (χ0n) is 12.0. The predicted molar refractivity (Wildman–Crippen MR) is 86.3 cm³/mol. The highest BCUT2D eigenvalue weighted by molar-refractivity contribution is 8.01. The van der Waals surface area contributed by atoms with Gasteiger partial charge in [-0.3, -0.25) is 0 Å². The Bertz CT molecular complexity index is 609. The lowest BCUT2D eigenvalue weighted by atomic mass is 10.2. The van der Waals surface area contributed by atoms with E-state index in [1.807, 2.05) is 29.7 Å². The lowest BCUT2D eigenvalue weighted by Gasteiger charge is -2.07. The van der Waals surface area contributed by atoms with Crippen LogP contribution in [-0.2, 0) is 5.75 Å². The summed E-state index contributed by atoms with van der Waals surface area (Å²) in [5.74, 6) is 2.13. The normalized spacial score (nSPS) is 10.8. The van der Waals surface area contributed by atoms with Gasteiger partial charge >= 0.3 is 0 Å². The molecule has 0 amide bonds. The number of rotatable bonds is 6. The van der Waals surface area contributed by atoms with Gasteiger partial charge in [0.1, 0.15) is 17.3 Å². The zero-order chi connectivity index (χ0) is 15.1. The lowest BCUT2D eigenvalue weighted by molar-refractivity contribution is 0.394. The molecule has 0 aliphatic rings. The van der Waals surface area contributed by atoms with Crippen molar-refractivity contribution in [2.75, 3.05) is 14.2 Å². The molecule has 0 radical (unpaired) electrons. The van der Waals surface area contributed by atoms with Crippen molar-refractivity contribution in [3.05, 3.63) is 64.8 Å². The molecule has 2 rings (SSSR count). The van der Waals surface area contributed by atoms with Gasteiger partial charge in [-0.15, -0.1) is 11.8 Å². The average Bonchev–Trinajstić information content (AvgIpc) is 2.53. The van der Waals surface area contributed by atoms with Crippen LogP contribution in [0.4, 0.5) is 4.39 Å². The van der Waals surface area contributed by atoms with Gasteiger partial charge in [0.15, 0.2) is 0 Å². The van der Waals surface area contributed by atoms with E-state index in [-0.39, 0.29) is 5.82 Å². The zero-order valence-corrected chi connectivity index (χ0v) is 12.8. The van der Waals surface area contributed by atoms with Crippen LogP contribution >= 0.6 is 11.8 Å². The van der Waals surface area contributed by atoms with Gasteiger partial charge in [-0.2, -0.15) is 0 Å². The number of halogens is 1. The molecule has 110 valence electrons. The van der Waals surface area contributed by atoms with E-state index in [9.17, 15) is 4.39 Å². The molecule has 0 unspecified atom stereocenters. The van der Waals surface area contributed by atoms with Crippen molar-refractivity contribution in [3.63, 3.8) is 0 Å². The summed E-state index contributed by atoms with van der Waals surface area (Å²) in [5, 5.41) is 2.01. The molecule has 21 heavy (non-hydrogen) atoms. The third kappa shape index (κ3) is 4.53. The van der Waals surface area contributed by atoms with Gasteiger partial charge in [-0.1, -0.05) is 12.1 Å². The maximum atomic E-state index is 12.8. The summed E-state index contributed by atoms with van der Waals surface area (Å²) in [7, 11) is 3.26. The van der Waals surface area contributed by atoms with E-state index in [4.69, 9.17) is 9.47 Å². The van der Waals surface area contributed by atoms with Crippen molar-refractivity contribution in [1.82, 2.24) is 0 Å². The minimum atomic E-state index is -0.206. The molecule has 0 saturated heterocycles. The number of hydrogen-bond donors (Lipinski definition) is 0. The fourth-order valence-electron chi connectivity index (χ4n) is 1.80. The molecule has 0 N–H and O–H groups in total. The van der Waals surface area contributed by atoms with Crippen molar-refractivity contribution >= 4 is 17.8 Å². The van der Waals surface area contributed by atoms with Crippen LogP contribution < -0.4 is 9.47 Å². The van der Waals surface area contributed by atoms with Crippen LogP contribution in [0.3, 0.4) is 0 Å². The average molecular weight is 304 g/mol. The van der Waals surface area contributed by atoms with Crippen LogP contribution in [0.15, 0.2) is 47.9 Å². The molecule has 0 heterocycles. The van der Waals surface area contributed by atoms with E-state index in [0.717, 1.165) is 28.4 Å².